The number of para-hydroxylation sites is 1. The SMILES string of the molecule is Cc1cccc(C2CC2)c1Oc1cc(S(=O)(=O)O)c(Cl)cc1-c1cccnn1. The second-order valence-corrected chi connectivity index (χ2v) is 8.53. The smallest absolute Gasteiger partial charge is 0.296 e. The molecule has 0 unspecified atom stereocenters. The predicted molar refractivity (Wildman–Crippen MR) is 106 cm³/mol. The lowest BCUT2D eigenvalue weighted by atomic mass is 10.1. The van der Waals surface area contributed by atoms with E-state index in [-0.39, 0.29) is 10.8 Å². The molecule has 0 atom stereocenters. The first-order chi connectivity index (χ1) is 13.3. The second-order valence-electron chi connectivity index (χ2n) is 6.73. The van der Waals surface area contributed by atoms with E-state index in [4.69, 9.17) is 16.3 Å². The molecule has 0 amide bonds. The number of aryl methyl sites for hydroxylation is 1. The van der Waals surface area contributed by atoms with Crippen molar-refractivity contribution in [3.63, 3.8) is 0 Å². The fourth-order valence-corrected chi connectivity index (χ4v) is 4.12. The summed E-state index contributed by atoms with van der Waals surface area (Å²) in [6, 6.07) is 12.0. The molecule has 1 aliphatic carbocycles. The summed E-state index contributed by atoms with van der Waals surface area (Å²) in [7, 11) is -4.52. The number of halogens is 1. The number of benzene rings is 2. The van der Waals surface area contributed by atoms with Crippen molar-refractivity contribution in [1.82, 2.24) is 10.2 Å². The third kappa shape index (κ3) is 3.73. The quantitative estimate of drug-likeness (QED) is 0.587. The largest absolute Gasteiger partial charge is 0.456 e. The van der Waals surface area contributed by atoms with Crippen molar-refractivity contribution < 1.29 is 17.7 Å². The van der Waals surface area contributed by atoms with Gasteiger partial charge in [-0.05, 0) is 55.0 Å². The topological polar surface area (TPSA) is 89.4 Å². The molecule has 1 aromatic heterocycles. The normalized spacial score (nSPS) is 14.1. The first kappa shape index (κ1) is 18.9. The Bertz CT molecular complexity index is 1150. The minimum absolute atomic E-state index is 0.122. The summed E-state index contributed by atoms with van der Waals surface area (Å²) in [6.07, 6.45) is 3.71. The number of hydrogen-bond donors (Lipinski definition) is 1. The van der Waals surface area contributed by atoms with Crippen molar-refractivity contribution in [2.24, 2.45) is 0 Å². The minimum Gasteiger partial charge on any atom is -0.456 e. The van der Waals surface area contributed by atoms with E-state index < -0.39 is 15.0 Å². The maximum absolute atomic E-state index is 11.7. The molecule has 0 saturated heterocycles. The number of nitrogens with zero attached hydrogens (tertiary/aromatic N) is 2. The van der Waals surface area contributed by atoms with E-state index in [9.17, 15) is 13.0 Å². The number of hydrogen-bond acceptors (Lipinski definition) is 5. The van der Waals surface area contributed by atoms with E-state index in [2.05, 4.69) is 10.2 Å². The summed E-state index contributed by atoms with van der Waals surface area (Å²) < 4.78 is 39.2. The Morgan fingerprint density at radius 3 is 2.61 bits per heavy atom. The van der Waals surface area contributed by atoms with Crippen LogP contribution in [0.5, 0.6) is 11.5 Å². The van der Waals surface area contributed by atoms with E-state index in [0.717, 1.165) is 24.0 Å². The molecular formula is C20H17ClN2O4S. The van der Waals surface area contributed by atoms with E-state index in [1.807, 2.05) is 25.1 Å². The zero-order chi connectivity index (χ0) is 19.9. The number of rotatable bonds is 5. The Labute approximate surface area is 167 Å². The lowest BCUT2D eigenvalue weighted by molar-refractivity contribution is 0.466. The Balaban J connectivity index is 1.90. The molecule has 0 radical (unpaired) electrons. The van der Waals surface area contributed by atoms with Crippen LogP contribution in [0.2, 0.25) is 5.02 Å². The monoisotopic (exact) mass is 416 g/mol. The molecule has 2 aromatic carbocycles. The molecule has 1 heterocycles. The van der Waals surface area contributed by atoms with Crippen molar-refractivity contribution in [2.45, 2.75) is 30.6 Å². The minimum atomic E-state index is -4.52. The van der Waals surface area contributed by atoms with Crippen LogP contribution in [0.3, 0.4) is 0 Å². The average molecular weight is 417 g/mol. The van der Waals surface area contributed by atoms with Gasteiger partial charge in [0.2, 0.25) is 0 Å². The van der Waals surface area contributed by atoms with Crippen LogP contribution in [0, 0.1) is 6.92 Å². The third-order valence-corrected chi connectivity index (χ3v) is 5.95. The molecule has 0 aliphatic heterocycles. The molecule has 1 saturated carbocycles. The van der Waals surface area contributed by atoms with Crippen LogP contribution < -0.4 is 4.74 Å². The zero-order valence-corrected chi connectivity index (χ0v) is 16.5. The van der Waals surface area contributed by atoms with Crippen LogP contribution in [0.25, 0.3) is 11.3 Å². The highest BCUT2D eigenvalue weighted by Crippen LogP contribution is 2.47. The zero-order valence-electron chi connectivity index (χ0n) is 15.0. The van der Waals surface area contributed by atoms with Crippen molar-refractivity contribution >= 4 is 21.7 Å². The van der Waals surface area contributed by atoms with Crippen LogP contribution in [0.1, 0.15) is 29.9 Å². The predicted octanol–water partition coefficient (Wildman–Crippen LogP) is 5.02. The van der Waals surface area contributed by atoms with Gasteiger partial charge in [0.15, 0.2) is 0 Å². The molecular weight excluding hydrogens is 400 g/mol. The Morgan fingerprint density at radius 2 is 1.96 bits per heavy atom. The van der Waals surface area contributed by atoms with E-state index >= 15 is 0 Å². The highest BCUT2D eigenvalue weighted by atomic mass is 35.5. The maximum Gasteiger partial charge on any atom is 0.296 e. The molecule has 144 valence electrons. The van der Waals surface area contributed by atoms with Crippen molar-refractivity contribution in [3.8, 4) is 22.8 Å². The van der Waals surface area contributed by atoms with Gasteiger partial charge in [-0.1, -0.05) is 29.8 Å². The fourth-order valence-electron chi connectivity index (χ4n) is 3.10. The van der Waals surface area contributed by atoms with Gasteiger partial charge in [-0.15, -0.1) is 0 Å². The second kappa shape index (κ2) is 7.16. The summed E-state index contributed by atoms with van der Waals surface area (Å²) in [4.78, 5) is -0.418. The lowest BCUT2D eigenvalue weighted by Gasteiger charge is -2.17. The molecule has 3 aromatic rings. The highest BCUT2D eigenvalue weighted by molar-refractivity contribution is 7.86. The van der Waals surface area contributed by atoms with Gasteiger partial charge >= 0.3 is 0 Å². The van der Waals surface area contributed by atoms with Crippen LogP contribution in [-0.2, 0) is 10.1 Å². The van der Waals surface area contributed by atoms with Crippen molar-refractivity contribution in [1.29, 1.82) is 0 Å². The standard InChI is InChI=1S/C20H17ClN2O4S/c1-12-4-2-5-14(13-7-8-13)20(12)27-18-11-19(28(24,25)26)16(21)10-15(18)17-6-3-9-22-23-17/h2-6,9-11,13H,7-8H2,1H3,(H,24,25,26). The Kier molecular flexibility index (Phi) is 4.82. The van der Waals surface area contributed by atoms with Gasteiger partial charge in [-0.25, -0.2) is 0 Å². The van der Waals surface area contributed by atoms with Crippen LogP contribution in [0.4, 0.5) is 0 Å². The van der Waals surface area contributed by atoms with Gasteiger partial charge in [-0.2, -0.15) is 18.6 Å². The van der Waals surface area contributed by atoms with Gasteiger partial charge in [0.25, 0.3) is 10.1 Å². The van der Waals surface area contributed by atoms with Crippen molar-refractivity contribution in [3.05, 3.63) is 64.8 Å². The first-order valence-electron chi connectivity index (χ1n) is 8.71. The van der Waals surface area contributed by atoms with E-state index in [1.165, 1.54) is 18.3 Å². The maximum atomic E-state index is 11.7. The van der Waals surface area contributed by atoms with Crippen LogP contribution in [-0.4, -0.2) is 23.2 Å². The molecule has 28 heavy (non-hydrogen) atoms. The molecule has 1 N–H and O–H groups in total. The Morgan fingerprint density at radius 1 is 1.18 bits per heavy atom. The Hall–Kier alpha value is -2.48. The summed E-state index contributed by atoms with van der Waals surface area (Å²) in [5, 5.41) is 7.82. The number of aromatic nitrogens is 2. The highest BCUT2D eigenvalue weighted by Gasteiger charge is 2.28. The van der Waals surface area contributed by atoms with Gasteiger partial charge in [0, 0.05) is 17.8 Å². The average Bonchev–Trinajstić information content (AvgIpc) is 3.49. The van der Waals surface area contributed by atoms with Crippen LogP contribution >= 0.6 is 11.6 Å². The summed E-state index contributed by atoms with van der Waals surface area (Å²) in [5.74, 6) is 1.34. The van der Waals surface area contributed by atoms with Gasteiger partial charge in [-0.3, -0.25) is 4.55 Å². The lowest BCUT2D eigenvalue weighted by Crippen LogP contribution is -2.02. The number of ether oxygens (including phenoxy) is 1. The third-order valence-electron chi connectivity index (χ3n) is 4.63. The van der Waals surface area contributed by atoms with Crippen molar-refractivity contribution in [2.75, 3.05) is 0 Å². The molecule has 0 bridgehead atoms. The molecule has 6 nitrogen and oxygen atoms in total. The van der Waals surface area contributed by atoms with Crippen LogP contribution in [0.15, 0.2) is 53.6 Å². The molecule has 8 heteroatoms. The van der Waals surface area contributed by atoms with Gasteiger partial charge < -0.3 is 4.74 Å². The first-order valence-corrected chi connectivity index (χ1v) is 10.5. The summed E-state index contributed by atoms with van der Waals surface area (Å²) in [5.41, 5.74) is 2.96. The molecule has 4 rings (SSSR count). The fraction of sp³-hybridized carbons (Fsp3) is 0.200. The molecule has 1 fully saturated rings. The summed E-state index contributed by atoms with van der Waals surface area (Å²) >= 11 is 6.12. The summed E-state index contributed by atoms with van der Waals surface area (Å²) in [6.45, 7) is 1.93. The molecule has 0 spiro atoms. The molecule has 1 aliphatic rings. The van der Waals surface area contributed by atoms with Gasteiger partial charge in [0.1, 0.15) is 16.4 Å². The van der Waals surface area contributed by atoms with E-state index in [1.54, 1.807) is 12.1 Å². The van der Waals surface area contributed by atoms with E-state index in [0.29, 0.717) is 22.9 Å². The van der Waals surface area contributed by atoms with Gasteiger partial charge in [0.05, 0.1) is 10.7 Å².